The Labute approximate surface area is 221 Å². The molecule has 0 bridgehead atoms. The van der Waals surface area contributed by atoms with Gasteiger partial charge in [0.15, 0.2) is 5.82 Å². The van der Waals surface area contributed by atoms with Crippen molar-refractivity contribution in [2.24, 2.45) is 0 Å². The van der Waals surface area contributed by atoms with Crippen LogP contribution in [0.25, 0.3) is 56.2 Å². The van der Waals surface area contributed by atoms with Crippen molar-refractivity contribution in [3.63, 3.8) is 0 Å². The first-order valence-electron chi connectivity index (χ1n) is 12.2. The molecule has 0 radical (unpaired) electrons. The molecule has 0 unspecified atom stereocenters. The van der Waals surface area contributed by atoms with E-state index in [1.165, 1.54) is 5.56 Å². The number of benzene rings is 5. The molecule has 2 nitrogen and oxygen atoms in total. The third kappa shape index (κ3) is 5.06. The van der Waals surface area contributed by atoms with Gasteiger partial charge >= 0.3 is 0 Å². The molecule has 0 saturated heterocycles. The van der Waals surface area contributed by atoms with Gasteiger partial charge in [0.25, 0.3) is 0 Å². The summed E-state index contributed by atoms with van der Waals surface area (Å²) in [4.78, 5) is 10.0. The molecular weight excluding hydrogens is 472 g/mol. The predicted octanol–water partition coefficient (Wildman–Crippen LogP) is 9.46. The van der Waals surface area contributed by atoms with E-state index in [0.717, 1.165) is 44.8 Å². The minimum atomic E-state index is 0.686. The molecule has 1 aromatic heterocycles. The largest absolute Gasteiger partial charge is 0.228 e. The van der Waals surface area contributed by atoms with Crippen LogP contribution < -0.4 is 0 Å². The predicted molar refractivity (Wildman–Crippen MR) is 154 cm³/mol. The first kappa shape index (κ1) is 22.9. The van der Waals surface area contributed by atoms with E-state index >= 15 is 0 Å². The monoisotopic (exact) mass is 494 g/mol. The standard InChI is InChI=1S/C34H23ClN2/c35-31-19-17-26(18-20-31)32-23-33(29-15-7-13-27(21-29)24-9-3-1-4-10-24)37-34(36-32)30-16-8-14-28(22-30)25-11-5-2-6-12-25/h1-23H. The molecule has 37 heavy (non-hydrogen) atoms. The van der Waals surface area contributed by atoms with Gasteiger partial charge in [-0.05, 0) is 52.6 Å². The Kier molecular flexibility index (Phi) is 6.33. The van der Waals surface area contributed by atoms with E-state index in [2.05, 4.69) is 103 Å². The van der Waals surface area contributed by atoms with E-state index < -0.39 is 0 Å². The molecule has 0 N–H and O–H groups in total. The fourth-order valence-electron chi connectivity index (χ4n) is 4.45. The molecule has 0 aliphatic heterocycles. The van der Waals surface area contributed by atoms with E-state index in [4.69, 9.17) is 21.6 Å². The van der Waals surface area contributed by atoms with Crippen molar-refractivity contribution in [1.29, 1.82) is 0 Å². The highest BCUT2D eigenvalue weighted by molar-refractivity contribution is 6.30. The Morgan fingerprint density at radius 1 is 0.351 bits per heavy atom. The van der Waals surface area contributed by atoms with Gasteiger partial charge in [-0.2, -0.15) is 0 Å². The maximum absolute atomic E-state index is 6.17. The first-order valence-corrected chi connectivity index (χ1v) is 12.6. The Bertz CT molecular complexity index is 1560. The first-order chi connectivity index (χ1) is 18.2. The number of halogens is 1. The van der Waals surface area contributed by atoms with Crippen LogP contribution in [0.3, 0.4) is 0 Å². The van der Waals surface area contributed by atoms with Crippen LogP contribution >= 0.6 is 11.6 Å². The number of aromatic nitrogens is 2. The van der Waals surface area contributed by atoms with Crippen molar-refractivity contribution in [2.45, 2.75) is 0 Å². The molecule has 6 rings (SSSR count). The van der Waals surface area contributed by atoms with E-state index in [9.17, 15) is 0 Å². The molecule has 1 heterocycles. The molecule has 5 aromatic carbocycles. The van der Waals surface area contributed by atoms with E-state index in [1.54, 1.807) is 0 Å². The molecule has 6 aromatic rings. The van der Waals surface area contributed by atoms with Gasteiger partial charge in [0.2, 0.25) is 0 Å². The Morgan fingerprint density at radius 2 is 0.811 bits per heavy atom. The van der Waals surface area contributed by atoms with Crippen molar-refractivity contribution in [2.75, 3.05) is 0 Å². The SMILES string of the molecule is Clc1ccc(-c2cc(-c3cccc(-c4ccccc4)c3)nc(-c3cccc(-c4ccccc4)c3)n2)cc1. The Morgan fingerprint density at radius 3 is 1.41 bits per heavy atom. The summed E-state index contributed by atoms with van der Waals surface area (Å²) in [6.45, 7) is 0. The summed E-state index contributed by atoms with van der Waals surface area (Å²) in [5.74, 6) is 0.686. The summed E-state index contributed by atoms with van der Waals surface area (Å²) >= 11 is 6.17. The van der Waals surface area contributed by atoms with Crippen LogP contribution in [0, 0.1) is 0 Å². The molecule has 0 spiro atoms. The smallest absolute Gasteiger partial charge is 0.160 e. The lowest BCUT2D eigenvalue weighted by atomic mass is 10.00. The van der Waals surface area contributed by atoms with Crippen LogP contribution in [0.4, 0.5) is 0 Å². The highest BCUT2D eigenvalue weighted by atomic mass is 35.5. The lowest BCUT2D eigenvalue weighted by Gasteiger charge is -2.11. The highest BCUT2D eigenvalue weighted by Gasteiger charge is 2.12. The van der Waals surface area contributed by atoms with Crippen molar-refractivity contribution < 1.29 is 0 Å². The summed E-state index contributed by atoms with van der Waals surface area (Å²) in [6, 6.07) is 47.5. The third-order valence-electron chi connectivity index (χ3n) is 6.36. The zero-order chi connectivity index (χ0) is 25.0. The molecular formula is C34H23ClN2. The molecule has 0 saturated carbocycles. The number of hydrogen-bond acceptors (Lipinski definition) is 2. The van der Waals surface area contributed by atoms with Crippen molar-refractivity contribution in [3.05, 3.63) is 145 Å². The lowest BCUT2D eigenvalue weighted by molar-refractivity contribution is 1.18. The minimum absolute atomic E-state index is 0.686. The molecule has 0 amide bonds. The molecule has 0 fully saturated rings. The summed E-state index contributed by atoms with van der Waals surface area (Å²) in [5, 5.41) is 0.698. The van der Waals surface area contributed by atoms with Crippen LogP contribution in [-0.4, -0.2) is 9.97 Å². The van der Waals surface area contributed by atoms with Gasteiger partial charge in [-0.1, -0.05) is 121 Å². The summed E-state index contributed by atoms with van der Waals surface area (Å²) in [7, 11) is 0. The zero-order valence-corrected chi connectivity index (χ0v) is 20.8. The quantitative estimate of drug-likeness (QED) is 0.238. The van der Waals surface area contributed by atoms with Crippen molar-refractivity contribution >= 4 is 11.6 Å². The van der Waals surface area contributed by atoms with Crippen LogP contribution in [-0.2, 0) is 0 Å². The van der Waals surface area contributed by atoms with E-state index in [1.807, 2.05) is 36.4 Å². The Balaban J connectivity index is 1.50. The number of rotatable bonds is 5. The second-order valence-corrected chi connectivity index (χ2v) is 9.30. The fraction of sp³-hybridized carbons (Fsp3) is 0. The molecule has 0 aliphatic carbocycles. The van der Waals surface area contributed by atoms with Gasteiger partial charge in [0.1, 0.15) is 0 Å². The molecule has 176 valence electrons. The van der Waals surface area contributed by atoms with E-state index in [-0.39, 0.29) is 0 Å². The van der Waals surface area contributed by atoms with E-state index in [0.29, 0.717) is 10.8 Å². The number of nitrogens with zero attached hydrogens (tertiary/aromatic N) is 2. The second-order valence-electron chi connectivity index (χ2n) is 8.86. The average Bonchev–Trinajstić information content (AvgIpc) is 2.98. The zero-order valence-electron chi connectivity index (χ0n) is 20.1. The second kappa shape index (κ2) is 10.2. The number of hydrogen-bond donors (Lipinski definition) is 0. The average molecular weight is 495 g/mol. The fourth-order valence-corrected chi connectivity index (χ4v) is 4.58. The van der Waals surface area contributed by atoms with Crippen molar-refractivity contribution in [3.8, 4) is 56.2 Å². The Hall–Kier alpha value is -4.53. The maximum Gasteiger partial charge on any atom is 0.160 e. The third-order valence-corrected chi connectivity index (χ3v) is 6.61. The van der Waals surface area contributed by atoms with Gasteiger partial charge < -0.3 is 0 Å². The maximum atomic E-state index is 6.17. The van der Waals surface area contributed by atoms with Gasteiger partial charge in [0, 0.05) is 21.7 Å². The van der Waals surface area contributed by atoms with Crippen LogP contribution in [0.5, 0.6) is 0 Å². The molecule has 3 heteroatoms. The van der Waals surface area contributed by atoms with Gasteiger partial charge in [-0.15, -0.1) is 0 Å². The molecule has 0 aliphatic rings. The highest BCUT2D eigenvalue weighted by Crippen LogP contribution is 2.32. The van der Waals surface area contributed by atoms with Gasteiger partial charge in [-0.3, -0.25) is 0 Å². The van der Waals surface area contributed by atoms with Crippen LogP contribution in [0.15, 0.2) is 140 Å². The van der Waals surface area contributed by atoms with Gasteiger partial charge in [0.05, 0.1) is 11.4 Å². The molecule has 0 atom stereocenters. The summed E-state index contributed by atoms with van der Waals surface area (Å²) in [5.41, 5.74) is 9.35. The normalized spacial score (nSPS) is 10.8. The van der Waals surface area contributed by atoms with Crippen LogP contribution in [0.1, 0.15) is 0 Å². The lowest BCUT2D eigenvalue weighted by Crippen LogP contribution is -1.96. The summed E-state index contributed by atoms with van der Waals surface area (Å²) in [6.07, 6.45) is 0. The topological polar surface area (TPSA) is 25.8 Å². The van der Waals surface area contributed by atoms with Crippen molar-refractivity contribution in [1.82, 2.24) is 9.97 Å². The van der Waals surface area contributed by atoms with Crippen LogP contribution in [0.2, 0.25) is 5.02 Å². The minimum Gasteiger partial charge on any atom is -0.228 e. The summed E-state index contributed by atoms with van der Waals surface area (Å²) < 4.78 is 0. The van der Waals surface area contributed by atoms with Gasteiger partial charge in [-0.25, -0.2) is 9.97 Å².